The van der Waals surface area contributed by atoms with Crippen LogP contribution in [0.25, 0.3) is 10.8 Å². The predicted molar refractivity (Wildman–Crippen MR) is 79.6 cm³/mol. The maximum Gasteiger partial charge on any atom is 0.129 e. The van der Waals surface area contributed by atoms with Crippen LogP contribution in [0.1, 0.15) is 5.56 Å². The van der Waals surface area contributed by atoms with Crippen molar-refractivity contribution in [3.05, 3.63) is 66.2 Å². The van der Waals surface area contributed by atoms with Crippen molar-refractivity contribution in [2.24, 2.45) is 0 Å². The van der Waals surface area contributed by atoms with Crippen LogP contribution in [-0.4, -0.2) is 0 Å². The number of nitrogen functional groups attached to an aromatic ring is 1. The van der Waals surface area contributed by atoms with Crippen molar-refractivity contribution in [1.82, 2.24) is 0 Å². The highest BCUT2D eigenvalue weighted by Crippen LogP contribution is 2.27. The summed E-state index contributed by atoms with van der Waals surface area (Å²) in [4.78, 5) is 0. The third-order valence-electron chi connectivity index (χ3n) is 3.10. The number of nitrogens with two attached hydrogens (primary N) is 1. The molecule has 0 radical (unpaired) electrons. The summed E-state index contributed by atoms with van der Waals surface area (Å²) in [6.45, 7) is 0. The number of ether oxygens (including phenoxy) is 1. The van der Waals surface area contributed by atoms with Gasteiger partial charge in [0.2, 0.25) is 0 Å². The zero-order chi connectivity index (χ0) is 13.9. The second-order valence-corrected chi connectivity index (χ2v) is 4.47. The molecule has 3 nitrogen and oxygen atoms in total. The summed E-state index contributed by atoms with van der Waals surface area (Å²) < 4.78 is 5.78. The van der Waals surface area contributed by atoms with E-state index in [1.54, 1.807) is 18.2 Å². The SMILES string of the molecule is N#Cc1ccc(Oc2ccc3ccccc3c2)cc1N. The lowest BCUT2D eigenvalue weighted by Gasteiger charge is -2.08. The number of nitriles is 1. The fourth-order valence-electron chi connectivity index (χ4n) is 2.07. The smallest absolute Gasteiger partial charge is 0.129 e. The standard InChI is InChI=1S/C17H12N2O/c18-11-14-6-8-16(10-17(14)19)20-15-7-5-12-3-1-2-4-13(12)9-15/h1-10H,19H2. The molecule has 20 heavy (non-hydrogen) atoms. The van der Waals surface area contributed by atoms with E-state index in [-0.39, 0.29) is 0 Å². The third kappa shape index (κ3) is 2.27. The molecule has 0 saturated carbocycles. The van der Waals surface area contributed by atoms with Crippen LogP contribution >= 0.6 is 0 Å². The van der Waals surface area contributed by atoms with Crippen molar-refractivity contribution >= 4 is 16.5 Å². The zero-order valence-electron chi connectivity index (χ0n) is 10.7. The summed E-state index contributed by atoms with van der Waals surface area (Å²) >= 11 is 0. The Bertz CT molecular complexity index is 819. The summed E-state index contributed by atoms with van der Waals surface area (Å²) in [6.07, 6.45) is 0. The first-order valence-electron chi connectivity index (χ1n) is 6.22. The molecule has 2 N–H and O–H groups in total. The molecule has 3 aromatic rings. The molecule has 0 fully saturated rings. The van der Waals surface area contributed by atoms with Crippen LogP contribution in [0, 0.1) is 11.3 Å². The maximum absolute atomic E-state index is 8.85. The number of fused-ring (bicyclic) bond motifs is 1. The molecule has 0 heterocycles. The molecule has 96 valence electrons. The fraction of sp³-hybridized carbons (Fsp3) is 0. The van der Waals surface area contributed by atoms with Crippen molar-refractivity contribution in [3.8, 4) is 17.6 Å². The van der Waals surface area contributed by atoms with Crippen molar-refractivity contribution in [1.29, 1.82) is 5.26 Å². The molecule has 0 saturated heterocycles. The van der Waals surface area contributed by atoms with E-state index in [1.807, 2.05) is 42.5 Å². The van der Waals surface area contributed by atoms with Gasteiger partial charge in [0.15, 0.2) is 0 Å². The molecule has 0 aromatic heterocycles. The molecule has 0 aliphatic rings. The number of anilines is 1. The van der Waals surface area contributed by atoms with Gasteiger partial charge in [-0.25, -0.2) is 0 Å². The molecular weight excluding hydrogens is 248 g/mol. The van der Waals surface area contributed by atoms with Gasteiger partial charge in [0.25, 0.3) is 0 Å². The average Bonchev–Trinajstić information content (AvgIpc) is 2.47. The molecule has 0 aliphatic carbocycles. The van der Waals surface area contributed by atoms with Gasteiger partial charge in [0.05, 0.1) is 11.3 Å². The van der Waals surface area contributed by atoms with Crippen molar-refractivity contribution < 1.29 is 4.74 Å². The minimum atomic E-state index is 0.422. The Labute approximate surface area is 116 Å². The summed E-state index contributed by atoms with van der Waals surface area (Å²) in [5.74, 6) is 1.37. The van der Waals surface area contributed by atoms with Crippen LogP contribution in [0.2, 0.25) is 0 Å². The fourth-order valence-corrected chi connectivity index (χ4v) is 2.07. The van der Waals surface area contributed by atoms with E-state index in [2.05, 4.69) is 6.07 Å². The van der Waals surface area contributed by atoms with Gasteiger partial charge in [-0.1, -0.05) is 30.3 Å². The second-order valence-electron chi connectivity index (χ2n) is 4.47. The zero-order valence-corrected chi connectivity index (χ0v) is 10.7. The van der Waals surface area contributed by atoms with Crippen LogP contribution in [0.5, 0.6) is 11.5 Å². The van der Waals surface area contributed by atoms with Crippen LogP contribution in [-0.2, 0) is 0 Å². The molecule has 0 aliphatic heterocycles. The highest BCUT2D eigenvalue weighted by molar-refractivity contribution is 5.83. The van der Waals surface area contributed by atoms with Gasteiger partial charge in [-0.05, 0) is 35.0 Å². The predicted octanol–water partition coefficient (Wildman–Crippen LogP) is 4.09. The third-order valence-corrected chi connectivity index (χ3v) is 3.10. The molecule has 0 atom stereocenters. The largest absolute Gasteiger partial charge is 0.457 e. The maximum atomic E-state index is 8.85. The van der Waals surface area contributed by atoms with E-state index in [9.17, 15) is 0 Å². The van der Waals surface area contributed by atoms with Crippen LogP contribution in [0.3, 0.4) is 0 Å². The normalized spacial score (nSPS) is 10.2. The first kappa shape index (κ1) is 12.1. The number of hydrogen-bond donors (Lipinski definition) is 1. The first-order chi connectivity index (χ1) is 9.76. The quantitative estimate of drug-likeness (QED) is 0.706. The van der Waals surface area contributed by atoms with E-state index < -0.39 is 0 Å². The minimum absolute atomic E-state index is 0.422. The Kier molecular flexibility index (Phi) is 2.98. The highest BCUT2D eigenvalue weighted by atomic mass is 16.5. The van der Waals surface area contributed by atoms with E-state index >= 15 is 0 Å². The molecule has 0 unspecified atom stereocenters. The van der Waals surface area contributed by atoms with E-state index in [0.717, 1.165) is 11.1 Å². The van der Waals surface area contributed by atoms with E-state index in [4.69, 9.17) is 15.7 Å². The Morgan fingerprint density at radius 3 is 2.30 bits per heavy atom. The van der Waals surface area contributed by atoms with Crippen molar-refractivity contribution in [3.63, 3.8) is 0 Å². The van der Waals surface area contributed by atoms with Gasteiger partial charge >= 0.3 is 0 Å². The number of benzene rings is 3. The summed E-state index contributed by atoms with van der Waals surface area (Å²) in [7, 11) is 0. The van der Waals surface area contributed by atoms with Gasteiger partial charge in [-0.15, -0.1) is 0 Å². The lowest BCUT2D eigenvalue weighted by molar-refractivity contribution is 0.483. The first-order valence-corrected chi connectivity index (χ1v) is 6.22. The summed E-state index contributed by atoms with van der Waals surface area (Å²) in [5, 5.41) is 11.1. The highest BCUT2D eigenvalue weighted by Gasteiger charge is 2.03. The van der Waals surface area contributed by atoms with E-state index in [1.165, 1.54) is 5.39 Å². The molecular formula is C17H12N2O. The lowest BCUT2D eigenvalue weighted by Crippen LogP contribution is -1.91. The Balaban J connectivity index is 1.93. The van der Waals surface area contributed by atoms with Gasteiger partial charge in [-0.2, -0.15) is 5.26 Å². The van der Waals surface area contributed by atoms with Gasteiger partial charge in [-0.3, -0.25) is 0 Å². The van der Waals surface area contributed by atoms with Crippen molar-refractivity contribution in [2.45, 2.75) is 0 Å². The van der Waals surface area contributed by atoms with E-state index in [0.29, 0.717) is 17.0 Å². The minimum Gasteiger partial charge on any atom is -0.457 e. The lowest BCUT2D eigenvalue weighted by atomic mass is 10.1. The number of hydrogen-bond acceptors (Lipinski definition) is 3. The monoisotopic (exact) mass is 260 g/mol. The van der Waals surface area contributed by atoms with Gasteiger partial charge in [0, 0.05) is 6.07 Å². The van der Waals surface area contributed by atoms with Crippen molar-refractivity contribution in [2.75, 3.05) is 5.73 Å². The number of rotatable bonds is 2. The molecule has 0 spiro atoms. The van der Waals surface area contributed by atoms with Gasteiger partial charge in [0.1, 0.15) is 17.6 Å². The average molecular weight is 260 g/mol. The molecule has 3 rings (SSSR count). The number of nitrogens with zero attached hydrogens (tertiary/aromatic N) is 1. The Morgan fingerprint density at radius 2 is 1.55 bits per heavy atom. The van der Waals surface area contributed by atoms with Crippen LogP contribution in [0.15, 0.2) is 60.7 Å². The van der Waals surface area contributed by atoms with Crippen LogP contribution < -0.4 is 10.5 Å². The molecule has 0 amide bonds. The molecule has 0 bridgehead atoms. The molecule has 3 heteroatoms. The van der Waals surface area contributed by atoms with Crippen LogP contribution in [0.4, 0.5) is 5.69 Å². The summed E-state index contributed by atoms with van der Waals surface area (Å²) in [6, 6.07) is 21.1. The molecule has 3 aromatic carbocycles. The topological polar surface area (TPSA) is 59.0 Å². The second kappa shape index (κ2) is 4.94. The Hall–Kier alpha value is -2.99. The Morgan fingerprint density at radius 1 is 0.850 bits per heavy atom. The summed E-state index contributed by atoms with van der Waals surface area (Å²) in [5.41, 5.74) is 6.65. The van der Waals surface area contributed by atoms with Gasteiger partial charge < -0.3 is 10.5 Å².